The average molecular weight is 400 g/mol. The van der Waals surface area contributed by atoms with E-state index >= 15 is 0 Å². The second-order valence-corrected chi connectivity index (χ2v) is 8.02. The van der Waals surface area contributed by atoms with Gasteiger partial charge in [0.15, 0.2) is 0 Å². The highest BCUT2D eigenvalue weighted by atomic mass is 79.9. The minimum atomic E-state index is -0.000644. The molecule has 0 aliphatic heterocycles. The molecule has 25 heavy (non-hydrogen) atoms. The summed E-state index contributed by atoms with van der Waals surface area (Å²) in [5.41, 5.74) is 3.42. The Bertz CT molecular complexity index is 768. The Kier molecular flexibility index (Phi) is 4.80. The number of aryl methyl sites for hydroxylation is 1. The third kappa shape index (κ3) is 4.24. The second kappa shape index (κ2) is 7.20. The molecule has 0 bridgehead atoms. The number of amides is 1. The van der Waals surface area contributed by atoms with Crippen molar-refractivity contribution in [1.82, 2.24) is 5.32 Å². The van der Waals surface area contributed by atoms with Gasteiger partial charge in [-0.3, -0.25) is 4.79 Å². The van der Waals surface area contributed by atoms with E-state index in [0.29, 0.717) is 5.56 Å². The van der Waals surface area contributed by atoms with Crippen molar-refractivity contribution in [3.8, 4) is 5.75 Å². The molecule has 4 heteroatoms. The zero-order chi connectivity index (χ0) is 17.2. The summed E-state index contributed by atoms with van der Waals surface area (Å²) in [4.78, 5) is 12.5. The van der Waals surface area contributed by atoms with Crippen molar-refractivity contribution in [2.45, 2.75) is 38.1 Å². The lowest BCUT2D eigenvalue weighted by atomic mass is 9.88. The maximum atomic E-state index is 12.5. The zero-order valence-corrected chi connectivity index (χ0v) is 15.7. The van der Waals surface area contributed by atoms with Crippen LogP contribution in [0.5, 0.6) is 5.75 Å². The fourth-order valence-corrected chi connectivity index (χ4v) is 3.73. The lowest BCUT2D eigenvalue weighted by Crippen LogP contribution is -2.38. The van der Waals surface area contributed by atoms with Crippen LogP contribution >= 0.6 is 15.9 Å². The van der Waals surface area contributed by atoms with Gasteiger partial charge in [0.25, 0.3) is 5.91 Å². The second-order valence-electron chi connectivity index (χ2n) is 7.10. The Hall–Kier alpha value is -1.81. The van der Waals surface area contributed by atoms with E-state index in [9.17, 15) is 4.79 Å². The van der Waals surface area contributed by atoms with Crippen molar-refractivity contribution >= 4 is 21.8 Å². The Morgan fingerprint density at radius 1 is 1.08 bits per heavy atom. The SMILES string of the molecule is O=C(NC1CCc2cc(Br)ccc2C1)c1ccc(OCC2CC2)cc1. The molecule has 0 saturated heterocycles. The van der Waals surface area contributed by atoms with E-state index in [1.807, 2.05) is 24.3 Å². The number of fused-ring (bicyclic) bond motifs is 1. The summed E-state index contributed by atoms with van der Waals surface area (Å²) in [5.74, 6) is 1.58. The largest absolute Gasteiger partial charge is 0.493 e. The van der Waals surface area contributed by atoms with Crippen LogP contribution in [0.4, 0.5) is 0 Å². The number of hydrogen-bond donors (Lipinski definition) is 1. The molecule has 130 valence electrons. The number of carbonyl (C=O) groups is 1. The summed E-state index contributed by atoms with van der Waals surface area (Å²) >= 11 is 3.52. The summed E-state index contributed by atoms with van der Waals surface area (Å²) in [6, 6.07) is 14.1. The van der Waals surface area contributed by atoms with Crippen LogP contribution in [0.15, 0.2) is 46.9 Å². The van der Waals surface area contributed by atoms with E-state index in [4.69, 9.17) is 4.74 Å². The van der Waals surface area contributed by atoms with Gasteiger partial charge in [0, 0.05) is 16.1 Å². The third-order valence-electron chi connectivity index (χ3n) is 5.03. The van der Waals surface area contributed by atoms with Crippen molar-refractivity contribution < 1.29 is 9.53 Å². The quantitative estimate of drug-likeness (QED) is 0.801. The Labute approximate surface area is 156 Å². The van der Waals surface area contributed by atoms with Crippen LogP contribution in [-0.2, 0) is 12.8 Å². The van der Waals surface area contributed by atoms with Gasteiger partial charge in [-0.2, -0.15) is 0 Å². The predicted molar refractivity (Wildman–Crippen MR) is 102 cm³/mol. The van der Waals surface area contributed by atoms with Gasteiger partial charge < -0.3 is 10.1 Å². The summed E-state index contributed by atoms with van der Waals surface area (Å²) in [7, 11) is 0. The van der Waals surface area contributed by atoms with Gasteiger partial charge in [-0.25, -0.2) is 0 Å². The van der Waals surface area contributed by atoms with Gasteiger partial charge in [0.05, 0.1) is 6.61 Å². The molecule has 0 radical (unpaired) electrons. The number of nitrogens with one attached hydrogen (secondary N) is 1. The normalized spacial score (nSPS) is 19.2. The molecule has 3 nitrogen and oxygen atoms in total. The van der Waals surface area contributed by atoms with E-state index in [1.54, 1.807) is 0 Å². The van der Waals surface area contributed by atoms with E-state index < -0.39 is 0 Å². The Morgan fingerprint density at radius 3 is 2.64 bits per heavy atom. The molecule has 0 heterocycles. The summed E-state index contributed by atoms with van der Waals surface area (Å²) in [5, 5.41) is 3.18. The number of benzene rings is 2. The van der Waals surface area contributed by atoms with Crippen LogP contribution in [0.25, 0.3) is 0 Å². The van der Waals surface area contributed by atoms with Gasteiger partial charge in [-0.1, -0.05) is 22.0 Å². The zero-order valence-electron chi connectivity index (χ0n) is 14.1. The summed E-state index contributed by atoms with van der Waals surface area (Å²) in [6.45, 7) is 0.795. The summed E-state index contributed by atoms with van der Waals surface area (Å²) in [6.07, 6.45) is 5.45. The highest BCUT2D eigenvalue weighted by Gasteiger charge is 2.22. The van der Waals surface area contributed by atoms with Gasteiger partial charge >= 0.3 is 0 Å². The first-order valence-corrected chi connectivity index (χ1v) is 9.78. The standard InChI is InChI=1S/C21H22BrNO2/c22-18-7-3-17-12-19(8-4-16(17)11-18)23-21(24)15-5-9-20(10-6-15)25-13-14-1-2-14/h3,5-7,9-11,14,19H,1-2,4,8,12-13H2,(H,23,24). The number of carbonyl (C=O) groups excluding carboxylic acids is 1. The fourth-order valence-electron chi connectivity index (χ4n) is 3.32. The minimum Gasteiger partial charge on any atom is -0.493 e. The summed E-state index contributed by atoms with van der Waals surface area (Å²) < 4.78 is 6.85. The molecule has 1 atom stereocenters. The monoisotopic (exact) mass is 399 g/mol. The van der Waals surface area contributed by atoms with Crippen LogP contribution in [-0.4, -0.2) is 18.6 Å². The molecule has 2 aliphatic rings. The fraction of sp³-hybridized carbons (Fsp3) is 0.381. The topological polar surface area (TPSA) is 38.3 Å². The van der Waals surface area contributed by atoms with Crippen molar-refractivity contribution in [2.75, 3.05) is 6.61 Å². The minimum absolute atomic E-state index is 0.000644. The molecular weight excluding hydrogens is 378 g/mol. The van der Waals surface area contributed by atoms with E-state index in [2.05, 4.69) is 39.4 Å². The molecule has 2 aromatic rings. The molecule has 4 rings (SSSR count). The molecule has 1 saturated carbocycles. The molecule has 0 spiro atoms. The van der Waals surface area contributed by atoms with Crippen LogP contribution in [0, 0.1) is 5.92 Å². The third-order valence-corrected chi connectivity index (χ3v) is 5.52. The molecular formula is C21H22BrNO2. The highest BCUT2D eigenvalue weighted by molar-refractivity contribution is 9.10. The molecule has 2 aromatic carbocycles. The van der Waals surface area contributed by atoms with Gasteiger partial charge in [0.1, 0.15) is 5.75 Å². The first-order chi connectivity index (χ1) is 12.2. The van der Waals surface area contributed by atoms with Gasteiger partial charge in [0.2, 0.25) is 0 Å². The predicted octanol–water partition coefficient (Wildman–Crippen LogP) is 4.53. The smallest absolute Gasteiger partial charge is 0.251 e. The van der Waals surface area contributed by atoms with Gasteiger partial charge in [-0.15, -0.1) is 0 Å². The molecule has 0 aromatic heterocycles. The molecule has 1 fully saturated rings. The van der Waals surface area contributed by atoms with E-state index in [0.717, 1.165) is 42.0 Å². The lowest BCUT2D eigenvalue weighted by molar-refractivity contribution is 0.0933. The van der Waals surface area contributed by atoms with E-state index in [-0.39, 0.29) is 11.9 Å². The first kappa shape index (κ1) is 16.6. The molecule has 1 unspecified atom stereocenters. The highest BCUT2D eigenvalue weighted by Crippen LogP contribution is 2.29. The van der Waals surface area contributed by atoms with Crippen LogP contribution in [0.2, 0.25) is 0 Å². The lowest BCUT2D eigenvalue weighted by Gasteiger charge is -2.25. The molecule has 1 N–H and O–H groups in total. The maximum Gasteiger partial charge on any atom is 0.251 e. The van der Waals surface area contributed by atoms with Crippen molar-refractivity contribution in [3.63, 3.8) is 0 Å². The van der Waals surface area contributed by atoms with Crippen molar-refractivity contribution in [3.05, 3.63) is 63.6 Å². The van der Waals surface area contributed by atoms with Crippen LogP contribution in [0.1, 0.15) is 40.7 Å². The number of ether oxygens (including phenoxy) is 1. The van der Waals surface area contributed by atoms with Crippen LogP contribution < -0.4 is 10.1 Å². The average Bonchev–Trinajstić information content (AvgIpc) is 3.45. The van der Waals surface area contributed by atoms with Crippen molar-refractivity contribution in [1.29, 1.82) is 0 Å². The van der Waals surface area contributed by atoms with Crippen LogP contribution in [0.3, 0.4) is 0 Å². The Morgan fingerprint density at radius 2 is 1.88 bits per heavy atom. The van der Waals surface area contributed by atoms with Crippen molar-refractivity contribution in [2.24, 2.45) is 5.92 Å². The Balaban J connectivity index is 1.34. The number of hydrogen-bond acceptors (Lipinski definition) is 2. The maximum absolute atomic E-state index is 12.5. The molecule has 2 aliphatic carbocycles. The molecule has 1 amide bonds. The van der Waals surface area contributed by atoms with Gasteiger partial charge in [-0.05, 0) is 85.5 Å². The first-order valence-electron chi connectivity index (χ1n) is 8.98. The number of rotatable bonds is 5. The van der Waals surface area contributed by atoms with E-state index in [1.165, 1.54) is 24.0 Å². The number of halogens is 1.